The van der Waals surface area contributed by atoms with Crippen LogP contribution in [0.25, 0.3) is 5.69 Å². The average molecular weight is 556 g/mol. The standard InChI is InChI=1S/C9H6BrN3O2.C6H3BrFNO2.C3H4N2/c10-7-2-3-8(9(6-7)13(14)15)12-5-1-4-11-12;7-4-1-2-5(8)6(3-4)9(10)11;1-2-4-5-3-1/h1-6H;1-3H;1-3H,(H,4,5). The minimum absolute atomic E-state index is 0.0214. The highest BCUT2D eigenvalue weighted by atomic mass is 79.9. The van der Waals surface area contributed by atoms with Crippen LogP contribution in [0.4, 0.5) is 15.8 Å². The number of H-pyrrole nitrogens is 1. The molecular formula is C18H13Br2FN6O4. The summed E-state index contributed by atoms with van der Waals surface area (Å²) in [5.41, 5.74) is -0.0411. The van der Waals surface area contributed by atoms with Gasteiger partial charge in [0, 0.05) is 45.9 Å². The molecule has 2 aromatic carbocycles. The quantitative estimate of drug-likeness (QED) is 0.264. The Kier molecular flexibility index (Phi) is 8.96. The number of benzene rings is 2. The van der Waals surface area contributed by atoms with Gasteiger partial charge < -0.3 is 0 Å². The molecule has 160 valence electrons. The monoisotopic (exact) mass is 554 g/mol. The molecule has 1 N–H and O–H groups in total. The van der Waals surface area contributed by atoms with Crippen LogP contribution in [0.5, 0.6) is 0 Å². The maximum atomic E-state index is 12.6. The Bertz CT molecular complexity index is 1120. The summed E-state index contributed by atoms with van der Waals surface area (Å²) in [5.74, 6) is -0.821. The lowest BCUT2D eigenvalue weighted by Gasteiger charge is -2.02. The van der Waals surface area contributed by atoms with E-state index >= 15 is 0 Å². The van der Waals surface area contributed by atoms with Gasteiger partial charge in [-0.1, -0.05) is 31.9 Å². The van der Waals surface area contributed by atoms with Gasteiger partial charge in [0.05, 0.1) is 9.85 Å². The molecular weight excluding hydrogens is 543 g/mol. The van der Waals surface area contributed by atoms with Crippen molar-refractivity contribution in [3.8, 4) is 5.69 Å². The molecule has 0 aliphatic rings. The van der Waals surface area contributed by atoms with E-state index in [0.29, 0.717) is 14.6 Å². The number of nitrogens with zero attached hydrogens (tertiary/aromatic N) is 5. The van der Waals surface area contributed by atoms with Crippen molar-refractivity contribution in [1.82, 2.24) is 20.0 Å². The van der Waals surface area contributed by atoms with E-state index in [0.717, 1.165) is 12.1 Å². The van der Waals surface area contributed by atoms with Gasteiger partial charge in [-0.05, 0) is 36.4 Å². The van der Waals surface area contributed by atoms with Crippen molar-refractivity contribution in [3.05, 3.63) is 108 Å². The molecule has 4 rings (SSSR count). The first-order valence-electron chi connectivity index (χ1n) is 8.26. The summed E-state index contributed by atoms with van der Waals surface area (Å²) in [4.78, 5) is 19.7. The van der Waals surface area contributed by atoms with Crippen LogP contribution in [0.1, 0.15) is 0 Å². The Labute approximate surface area is 191 Å². The van der Waals surface area contributed by atoms with Crippen LogP contribution in [0.2, 0.25) is 0 Å². The fourth-order valence-corrected chi connectivity index (χ4v) is 2.79. The van der Waals surface area contributed by atoms with Crippen molar-refractivity contribution in [2.24, 2.45) is 0 Å². The number of nitro groups is 2. The molecule has 0 saturated carbocycles. The lowest BCUT2D eigenvalue weighted by molar-refractivity contribution is -0.387. The van der Waals surface area contributed by atoms with Crippen LogP contribution in [-0.2, 0) is 0 Å². The molecule has 0 bridgehead atoms. The zero-order valence-corrected chi connectivity index (χ0v) is 18.6. The van der Waals surface area contributed by atoms with Crippen LogP contribution in [0.3, 0.4) is 0 Å². The number of aromatic nitrogens is 4. The predicted molar refractivity (Wildman–Crippen MR) is 117 cm³/mol. The van der Waals surface area contributed by atoms with Crippen molar-refractivity contribution >= 4 is 43.2 Å². The first-order chi connectivity index (χ1) is 14.8. The third kappa shape index (κ3) is 7.38. The number of nitrogens with one attached hydrogen (secondary N) is 1. The molecule has 0 atom stereocenters. The van der Waals surface area contributed by atoms with Crippen molar-refractivity contribution in [3.63, 3.8) is 0 Å². The summed E-state index contributed by atoms with van der Waals surface area (Å²) in [6.07, 6.45) is 6.70. The van der Waals surface area contributed by atoms with E-state index < -0.39 is 21.4 Å². The van der Waals surface area contributed by atoms with Gasteiger partial charge in [0.15, 0.2) is 0 Å². The van der Waals surface area contributed by atoms with E-state index in [4.69, 9.17) is 0 Å². The Morgan fingerprint density at radius 1 is 0.935 bits per heavy atom. The zero-order chi connectivity index (χ0) is 22.8. The highest BCUT2D eigenvalue weighted by Gasteiger charge is 2.15. The fraction of sp³-hybridized carbons (Fsp3) is 0. The molecule has 0 fully saturated rings. The minimum atomic E-state index is -0.821. The Hall–Kier alpha value is -3.45. The SMILES string of the molecule is O=[N+]([O-])c1cc(Br)ccc1-n1cccn1.O=[N+]([O-])c1cc(Br)ccc1F.c1cn[nH]c1. The lowest BCUT2D eigenvalue weighted by Crippen LogP contribution is -2.00. The first kappa shape index (κ1) is 23.8. The fourth-order valence-electron chi connectivity index (χ4n) is 2.09. The molecule has 0 aliphatic heterocycles. The molecule has 0 unspecified atom stereocenters. The molecule has 31 heavy (non-hydrogen) atoms. The summed E-state index contributed by atoms with van der Waals surface area (Å²) in [6.45, 7) is 0. The normalized spacial score (nSPS) is 9.65. The number of rotatable bonds is 3. The smallest absolute Gasteiger partial charge is 0.286 e. The van der Waals surface area contributed by atoms with Crippen LogP contribution in [-0.4, -0.2) is 29.8 Å². The van der Waals surface area contributed by atoms with Gasteiger partial charge in [-0.3, -0.25) is 25.3 Å². The molecule has 13 heteroatoms. The highest BCUT2D eigenvalue weighted by Crippen LogP contribution is 2.26. The second kappa shape index (κ2) is 11.7. The molecule has 10 nitrogen and oxygen atoms in total. The topological polar surface area (TPSA) is 133 Å². The number of nitro benzene ring substituents is 2. The number of hydrogen-bond donors (Lipinski definition) is 1. The Morgan fingerprint density at radius 2 is 1.58 bits per heavy atom. The number of hydrogen-bond acceptors (Lipinski definition) is 6. The molecule has 0 aliphatic carbocycles. The van der Waals surface area contributed by atoms with Crippen LogP contribution < -0.4 is 0 Å². The summed E-state index contributed by atoms with van der Waals surface area (Å²) in [6, 6.07) is 12.0. The molecule has 0 amide bonds. The van der Waals surface area contributed by atoms with Crippen LogP contribution in [0, 0.1) is 26.0 Å². The van der Waals surface area contributed by atoms with E-state index in [1.165, 1.54) is 16.8 Å². The Morgan fingerprint density at radius 3 is 2.03 bits per heavy atom. The van der Waals surface area contributed by atoms with Gasteiger partial charge in [0.1, 0.15) is 5.69 Å². The number of aromatic amines is 1. The minimum Gasteiger partial charge on any atom is -0.286 e. The van der Waals surface area contributed by atoms with Crippen LogP contribution >= 0.6 is 31.9 Å². The van der Waals surface area contributed by atoms with E-state index in [-0.39, 0.29) is 5.69 Å². The molecule has 4 aromatic rings. The first-order valence-corrected chi connectivity index (χ1v) is 9.85. The van der Waals surface area contributed by atoms with Gasteiger partial charge in [-0.15, -0.1) is 0 Å². The van der Waals surface area contributed by atoms with Crippen LogP contribution in [0.15, 0.2) is 82.3 Å². The maximum Gasteiger partial charge on any atom is 0.305 e. The van der Waals surface area contributed by atoms with E-state index in [1.54, 1.807) is 43.0 Å². The summed E-state index contributed by atoms with van der Waals surface area (Å²) < 4.78 is 15.2. The molecule has 2 heterocycles. The summed E-state index contributed by atoms with van der Waals surface area (Å²) in [7, 11) is 0. The van der Waals surface area contributed by atoms with Gasteiger partial charge in [0.25, 0.3) is 5.69 Å². The van der Waals surface area contributed by atoms with Gasteiger partial charge in [-0.2, -0.15) is 14.6 Å². The average Bonchev–Trinajstić information content (AvgIpc) is 3.47. The van der Waals surface area contributed by atoms with Crippen molar-refractivity contribution in [2.75, 3.05) is 0 Å². The van der Waals surface area contributed by atoms with E-state index in [2.05, 4.69) is 47.2 Å². The second-order valence-electron chi connectivity index (χ2n) is 5.46. The summed E-state index contributed by atoms with van der Waals surface area (Å²) in [5, 5.41) is 31.1. The molecule has 2 aromatic heterocycles. The largest absolute Gasteiger partial charge is 0.305 e. The highest BCUT2D eigenvalue weighted by molar-refractivity contribution is 9.10. The summed E-state index contributed by atoms with van der Waals surface area (Å²) >= 11 is 6.19. The molecule has 0 spiro atoms. The maximum absolute atomic E-state index is 12.6. The van der Waals surface area contributed by atoms with Crippen molar-refractivity contribution < 1.29 is 14.2 Å². The van der Waals surface area contributed by atoms with E-state index in [9.17, 15) is 24.6 Å². The third-order valence-electron chi connectivity index (χ3n) is 3.40. The van der Waals surface area contributed by atoms with Gasteiger partial charge in [-0.25, -0.2) is 4.68 Å². The van der Waals surface area contributed by atoms with Crippen molar-refractivity contribution in [1.29, 1.82) is 0 Å². The lowest BCUT2D eigenvalue weighted by atomic mass is 10.3. The van der Waals surface area contributed by atoms with Crippen molar-refractivity contribution in [2.45, 2.75) is 0 Å². The predicted octanol–water partition coefficient (Wildman–Crippen LogP) is 5.45. The third-order valence-corrected chi connectivity index (χ3v) is 4.38. The Balaban J connectivity index is 0.000000186. The molecule has 0 saturated heterocycles. The number of halogens is 3. The van der Waals surface area contributed by atoms with E-state index in [1.807, 2.05) is 6.07 Å². The molecule has 0 radical (unpaired) electrons. The zero-order valence-electron chi connectivity index (χ0n) is 15.4. The second-order valence-corrected chi connectivity index (χ2v) is 7.29. The van der Waals surface area contributed by atoms with Gasteiger partial charge >= 0.3 is 5.69 Å². The van der Waals surface area contributed by atoms with Gasteiger partial charge in [0.2, 0.25) is 5.82 Å².